The van der Waals surface area contributed by atoms with Gasteiger partial charge in [-0.05, 0) is 17.4 Å². The van der Waals surface area contributed by atoms with Crippen LogP contribution in [-0.2, 0) is 4.79 Å². The molecule has 1 atom stereocenters. The molecule has 19 heavy (non-hydrogen) atoms. The number of hydrogen-bond donors (Lipinski definition) is 2. The first-order valence-corrected chi connectivity index (χ1v) is 6.84. The standard InChI is InChI=1S/C15H22N2OS/c1-15(2,3)9-10-17-14(18)12(13(16)19)11-7-5-4-6-8-11/h4-8,12H,9-10H2,1-3H3,(H2,16,19)(H,17,18). The molecule has 0 saturated carbocycles. The summed E-state index contributed by atoms with van der Waals surface area (Å²) in [4.78, 5) is 12.4. The molecule has 3 N–H and O–H groups in total. The van der Waals surface area contributed by atoms with Crippen LogP contribution in [0.3, 0.4) is 0 Å². The van der Waals surface area contributed by atoms with Crippen LogP contribution in [0.1, 0.15) is 38.7 Å². The Kier molecular flexibility index (Phi) is 5.48. The molecule has 0 spiro atoms. The number of thiocarbonyl (C=S) groups is 1. The Morgan fingerprint density at radius 3 is 2.37 bits per heavy atom. The van der Waals surface area contributed by atoms with Crippen molar-refractivity contribution in [1.29, 1.82) is 0 Å². The van der Waals surface area contributed by atoms with Gasteiger partial charge in [-0.25, -0.2) is 0 Å². The predicted octanol–water partition coefficient (Wildman–Crippen LogP) is 2.61. The molecule has 0 aliphatic rings. The summed E-state index contributed by atoms with van der Waals surface area (Å²) in [5, 5.41) is 2.91. The number of hydrogen-bond acceptors (Lipinski definition) is 2. The van der Waals surface area contributed by atoms with Crippen LogP contribution in [0.2, 0.25) is 0 Å². The Morgan fingerprint density at radius 2 is 1.89 bits per heavy atom. The number of nitrogens with one attached hydrogen (secondary N) is 1. The third kappa shape index (κ3) is 5.39. The highest BCUT2D eigenvalue weighted by Gasteiger charge is 2.23. The molecule has 104 valence electrons. The molecule has 0 fully saturated rings. The van der Waals surface area contributed by atoms with E-state index in [9.17, 15) is 4.79 Å². The molecule has 0 saturated heterocycles. The minimum Gasteiger partial charge on any atom is -0.392 e. The zero-order valence-corrected chi connectivity index (χ0v) is 12.6. The molecule has 1 aromatic rings. The van der Waals surface area contributed by atoms with Gasteiger partial charge in [-0.3, -0.25) is 4.79 Å². The largest absolute Gasteiger partial charge is 0.392 e. The molecule has 0 aliphatic carbocycles. The van der Waals surface area contributed by atoms with E-state index in [1.54, 1.807) is 0 Å². The van der Waals surface area contributed by atoms with E-state index in [0.29, 0.717) is 6.54 Å². The molecular formula is C15H22N2OS. The maximum atomic E-state index is 12.2. The van der Waals surface area contributed by atoms with E-state index in [-0.39, 0.29) is 16.3 Å². The fourth-order valence-electron chi connectivity index (χ4n) is 1.75. The number of nitrogens with two attached hydrogens (primary N) is 1. The number of benzene rings is 1. The van der Waals surface area contributed by atoms with E-state index in [2.05, 4.69) is 26.1 Å². The van der Waals surface area contributed by atoms with Crippen LogP contribution in [0, 0.1) is 5.41 Å². The molecule has 0 aromatic heterocycles. The lowest BCUT2D eigenvalue weighted by Crippen LogP contribution is -2.37. The number of carbonyl (C=O) groups excluding carboxylic acids is 1. The van der Waals surface area contributed by atoms with Crippen LogP contribution in [0.25, 0.3) is 0 Å². The van der Waals surface area contributed by atoms with Gasteiger partial charge < -0.3 is 11.1 Å². The second-order valence-electron chi connectivity index (χ2n) is 5.85. The zero-order chi connectivity index (χ0) is 14.5. The van der Waals surface area contributed by atoms with Crippen LogP contribution in [0.15, 0.2) is 30.3 Å². The Labute approximate surface area is 120 Å². The number of carbonyl (C=O) groups is 1. The van der Waals surface area contributed by atoms with Gasteiger partial charge in [-0.2, -0.15) is 0 Å². The number of amides is 1. The van der Waals surface area contributed by atoms with E-state index < -0.39 is 5.92 Å². The van der Waals surface area contributed by atoms with Crippen LogP contribution in [-0.4, -0.2) is 17.4 Å². The van der Waals surface area contributed by atoms with Crippen LogP contribution in [0.4, 0.5) is 0 Å². The van der Waals surface area contributed by atoms with Crippen LogP contribution >= 0.6 is 12.2 Å². The van der Waals surface area contributed by atoms with Gasteiger partial charge in [0.05, 0.1) is 4.99 Å². The van der Waals surface area contributed by atoms with Gasteiger partial charge in [0, 0.05) is 6.54 Å². The van der Waals surface area contributed by atoms with Crippen molar-refractivity contribution in [2.45, 2.75) is 33.1 Å². The van der Waals surface area contributed by atoms with Crippen molar-refractivity contribution < 1.29 is 4.79 Å². The first kappa shape index (κ1) is 15.6. The van der Waals surface area contributed by atoms with Gasteiger partial charge in [-0.1, -0.05) is 63.3 Å². The normalized spacial score (nSPS) is 12.8. The molecular weight excluding hydrogens is 256 g/mol. The van der Waals surface area contributed by atoms with Crippen molar-refractivity contribution >= 4 is 23.1 Å². The Hall–Kier alpha value is -1.42. The highest BCUT2D eigenvalue weighted by atomic mass is 32.1. The van der Waals surface area contributed by atoms with Gasteiger partial charge in [0.15, 0.2) is 0 Å². The van der Waals surface area contributed by atoms with Gasteiger partial charge in [-0.15, -0.1) is 0 Å². The zero-order valence-electron chi connectivity index (χ0n) is 11.8. The molecule has 1 amide bonds. The summed E-state index contributed by atoms with van der Waals surface area (Å²) >= 11 is 5.02. The highest BCUT2D eigenvalue weighted by molar-refractivity contribution is 7.80. The molecule has 0 radical (unpaired) electrons. The van der Waals surface area contributed by atoms with Crippen molar-refractivity contribution in [3.63, 3.8) is 0 Å². The van der Waals surface area contributed by atoms with E-state index in [1.165, 1.54) is 0 Å². The van der Waals surface area contributed by atoms with Crippen molar-refractivity contribution in [2.75, 3.05) is 6.54 Å². The second kappa shape index (κ2) is 6.66. The topological polar surface area (TPSA) is 55.1 Å². The SMILES string of the molecule is CC(C)(C)CCNC(=O)C(C(N)=S)c1ccccc1. The lowest BCUT2D eigenvalue weighted by Gasteiger charge is -2.20. The van der Waals surface area contributed by atoms with Crippen LogP contribution in [0.5, 0.6) is 0 Å². The minimum atomic E-state index is -0.545. The maximum Gasteiger partial charge on any atom is 0.234 e. The van der Waals surface area contributed by atoms with E-state index in [1.807, 2.05) is 30.3 Å². The second-order valence-corrected chi connectivity index (χ2v) is 6.32. The molecule has 3 nitrogen and oxygen atoms in total. The fraction of sp³-hybridized carbons (Fsp3) is 0.467. The Balaban J connectivity index is 2.68. The van der Waals surface area contributed by atoms with Crippen molar-refractivity contribution in [2.24, 2.45) is 11.1 Å². The summed E-state index contributed by atoms with van der Waals surface area (Å²) in [6, 6.07) is 9.39. The third-order valence-corrected chi connectivity index (χ3v) is 3.09. The maximum absolute atomic E-state index is 12.2. The van der Waals surface area contributed by atoms with Gasteiger partial charge >= 0.3 is 0 Å². The smallest absolute Gasteiger partial charge is 0.234 e. The summed E-state index contributed by atoms with van der Waals surface area (Å²) in [5.74, 6) is -0.667. The Bertz CT molecular complexity index is 437. The molecule has 0 heterocycles. The lowest BCUT2D eigenvalue weighted by molar-refractivity contribution is -0.121. The van der Waals surface area contributed by atoms with Crippen molar-refractivity contribution in [1.82, 2.24) is 5.32 Å². The first-order valence-electron chi connectivity index (χ1n) is 6.43. The molecule has 1 unspecified atom stereocenters. The van der Waals surface area contributed by atoms with Crippen LogP contribution < -0.4 is 11.1 Å². The van der Waals surface area contributed by atoms with E-state index in [4.69, 9.17) is 18.0 Å². The van der Waals surface area contributed by atoms with E-state index in [0.717, 1.165) is 12.0 Å². The Morgan fingerprint density at radius 1 is 1.32 bits per heavy atom. The summed E-state index contributed by atoms with van der Waals surface area (Å²) in [6.45, 7) is 7.05. The van der Waals surface area contributed by atoms with Gasteiger partial charge in [0.1, 0.15) is 5.92 Å². The van der Waals surface area contributed by atoms with E-state index >= 15 is 0 Å². The first-order chi connectivity index (χ1) is 8.81. The minimum absolute atomic E-state index is 0.122. The van der Waals surface area contributed by atoms with Crippen molar-refractivity contribution in [3.8, 4) is 0 Å². The molecule has 0 bridgehead atoms. The summed E-state index contributed by atoms with van der Waals surface area (Å²) in [5.41, 5.74) is 6.73. The summed E-state index contributed by atoms with van der Waals surface area (Å²) < 4.78 is 0. The van der Waals surface area contributed by atoms with Gasteiger partial charge in [0.2, 0.25) is 5.91 Å². The average Bonchev–Trinajstić information content (AvgIpc) is 2.28. The molecule has 0 aliphatic heterocycles. The van der Waals surface area contributed by atoms with Crippen molar-refractivity contribution in [3.05, 3.63) is 35.9 Å². The molecule has 4 heteroatoms. The fourth-order valence-corrected chi connectivity index (χ4v) is 2.00. The number of rotatable bonds is 5. The average molecular weight is 278 g/mol. The molecule has 1 aromatic carbocycles. The van der Waals surface area contributed by atoms with Gasteiger partial charge in [0.25, 0.3) is 0 Å². The monoisotopic (exact) mass is 278 g/mol. The summed E-state index contributed by atoms with van der Waals surface area (Å²) in [7, 11) is 0. The molecule has 1 rings (SSSR count). The quantitative estimate of drug-likeness (QED) is 0.814. The highest BCUT2D eigenvalue weighted by Crippen LogP contribution is 2.19. The lowest BCUT2D eigenvalue weighted by atomic mass is 9.92. The summed E-state index contributed by atoms with van der Waals surface area (Å²) in [6.07, 6.45) is 0.914. The third-order valence-electron chi connectivity index (χ3n) is 2.85. The predicted molar refractivity (Wildman–Crippen MR) is 83.1 cm³/mol.